The van der Waals surface area contributed by atoms with Gasteiger partial charge >= 0.3 is 0 Å². The molecule has 0 aliphatic carbocycles. The van der Waals surface area contributed by atoms with Crippen LogP contribution in [0.15, 0.2) is 71.1 Å². The van der Waals surface area contributed by atoms with Gasteiger partial charge in [0.2, 0.25) is 10.0 Å². The quantitative estimate of drug-likeness (QED) is 0.463. The Morgan fingerprint density at radius 3 is 2.21 bits per heavy atom. The lowest BCUT2D eigenvalue weighted by molar-refractivity contribution is 0.0961. The third-order valence-electron chi connectivity index (χ3n) is 4.98. The predicted octanol–water partition coefficient (Wildman–Crippen LogP) is 3.95. The van der Waals surface area contributed by atoms with Crippen LogP contribution in [0.3, 0.4) is 0 Å². The normalized spacial score (nSPS) is 11.4. The first-order valence-electron chi connectivity index (χ1n) is 9.83. The number of hydrogen-bond acceptors (Lipinski definition) is 5. The Morgan fingerprint density at radius 1 is 0.879 bits per heavy atom. The topological polar surface area (TPSA) is 105 Å². The third-order valence-corrected chi connectivity index (χ3v) is 5.54. The van der Waals surface area contributed by atoms with Gasteiger partial charge in [0.05, 0.1) is 11.8 Å². The van der Waals surface area contributed by atoms with Crippen LogP contribution in [0.1, 0.15) is 20.7 Å². The molecule has 0 radical (unpaired) electrons. The van der Waals surface area contributed by atoms with Gasteiger partial charge in [0.25, 0.3) is 11.8 Å². The van der Waals surface area contributed by atoms with Crippen LogP contribution in [0.2, 0.25) is 0 Å². The molecule has 3 aromatic carbocycles. The fourth-order valence-corrected chi connectivity index (χ4v) is 3.95. The van der Waals surface area contributed by atoms with Crippen molar-refractivity contribution in [2.24, 2.45) is 0 Å². The number of amides is 2. The van der Waals surface area contributed by atoms with Gasteiger partial charge in [-0.25, -0.2) is 17.5 Å². The number of sulfonamides is 1. The molecule has 0 aliphatic heterocycles. The molecule has 2 N–H and O–H groups in total. The van der Waals surface area contributed by atoms with Crippen LogP contribution in [-0.2, 0) is 10.0 Å². The van der Waals surface area contributed by atoms with Crippen molar-refractivity contribution < 1.29 is 26.8 Å². The first-order chi connectivity index (χ1) is 15.7. The fourth-order valence-electron chi connectivity index (χ4n) is 3.50. The highest BCUT2D eigenvalue weighted by Crippen LogP contribution is 2.36. The van der Waals surface area contributed by atoms with Crippen molar-refractivity contribution in [3.05, 3.63) is 83.7 Å². The zero-order valence-electron chi connectivity index (χ0n) is 17.7. The molecule has 0 spiro atoms. The minimum atomic E-state index is -3.70. The highest BCUT2D eigenvalue weighted by molar-refractivity contribution is 7.89. The standard InChI is InChI=1S/C24H19FN2O5S/c1-26-24(29)21-19-13-16(15-4-3-5-17(12-15)23(28)27-33(2,30)31)8-11-20(19)32-22(21)14-6-9-18(25)10-7-14/h3-13H,1-2H3,(H,26,29)(H,27,28). The smallest absolute Gasteiger partial charge is 0.264 e. The average Bonchev–Trinajstić information content (AvgIpc) is 3.16. The second-order valence-electron chi connectivity index (χ2n) is 7.39. The van der Waals surface area contributed by atoms with Gasteiger partial charge in [-0.2, -0.15) is 0 Å². The van der Waals surface area contributed by atoms with E-state index < -0.39 is 21.7 Å². The number of halogens is 1. The molecule has 0 aliphatic rings. The lowest BCUT2D eigenvalue weighted by atomic mass is 9.99. The van der Waals surface area contributed by atoms with Crippen molar-refractivity contribution in [1.29, 1.82) is 0 Å². The molecule has 0 bridgehead atoms. The monoisotopic (exact) mass is 466 g/mol. The van der Waals surface area contributed by atoms with Gasteiger partial charge in [-0.1, -0.05) is 18.2 Å². The molecule has 0 atom stereocenters. The predicted molar refractivity (Wildman–Crippen MR) is 123 cm³/mol. The van der Waals surface area contributed by atoms with Crippen LogP contribution in [0.25, 0.3) is 33.4 Å². The second kappa shape index (κ2) is 8.51. The summed E-state index contributed by atoms with van der Waals surface area (Å²) in [7, 11) is -2.20. The number of rotatable bonds is 5. The summed E-state index contributed by atoms with van der Waals surface area (Å²) < 4.78 is 44.0. The van der Waals surface area contributed by atoms with Crippen LogP contribution in [0.4, 0.5) is 4.39 Å². The van der Waals surface area contributed by atoms with Gasteiger partial charge in [-0.15, -0.1) is 0 Å². The summed E-state index contributed by atoms with van der Waals surface area (Å²) >= 11 is 0. The summed E-state index contributed by atoms with van der Waals surface area (Å²) in [5, 5.41) is 3.14. The van der Waals surface area contributed by atoms with Gasteiger partial charge in [0.1, 0.15) is 17.2 Å². The van der Waals surface area contributed by atoms with Gasteiger partial charge in [0, 0.05) is 23.6 Å². The highest BCUT2D eigenvalue weighted by atomic mass is 32.2. The Kier molecular flexibility index (Phi) is 5.73. The zero-order valence-corrected chi connectivity index (χ0v) is 18.5. The summed E-state index contributed by atoms with van der Waals surface area (Å²) in [6.45, 7) is 0. The maximum absolute atomic E-state index is 13.4. The largest absolute Gasteiger partial charge is 0.455 e. The maximum atomic E-state index is 13.4. The highest BCUT2D eigenvalue weighted by Gasteiger charge is 2.22. The molecule has 1 heterocycles. The van der Waals surface area contributed by atoms with Gasteiger partial charge in [0.15, 0.2) is 0 Å². The molecule has 1 aromatic heterocycles. The van der Waals surface area contributed by atoms with Crippen molar-refractivity contribution in [2.75, 3.05) is 13.3 Å². The van der Waals surface area contributed by atoms with Crippen LogP contribution < -0.4 is 10.0 Å². The number of benzene rings is 3. The number of carbonyl (C=O) groups excluding carboxylic acids is 2. The van der Waals surface area contributed by atoms with Crippen molar-refractivity contribution in [3.8, 4) is 22.5 Å². The first-order valence-corrected chi connectivity index (χ1v) is 11.7. The molecule has 168 valence electrons. The number of hydrogen-bond donors (Lipinski definition) is 2. The van der Waals surface area contributed by atoms with E-state index in [1.807, 2.05) is 4.72 Å². The summed E-state index contributed by atoms with van der Waals surface area (Å²) in [6.07, 6.45) is 0.903. The molecule has 0 saturated heterocycles. The summed E-state index contributed by atoms with van der Waals surface area (Å²) in [5.41, 5.74) is 2.81. The minimum Gasteiger partial charge on any atom is -0.455 e. The van der Waals surface area contributed by atoms with E-state index in [4.69, 9.17) is 4.42 Å². The van der Waals surface area contributed by atoms with Crippen molar-refractivity contribution in [3.63, 3.8) is 0 Å². The zero-order chi connectivity index (χ0) is 23.8. The summed E-state index contributed by atoms with van der Waals surface area (Å²) in [4.78, 5) is 25.0. The Morgan fingerprint density at radius 2 is 1.55 bits per heavy atom. The van der Waals surface area contributed by atoms with E-state index in [0.717, 1.165) is 6.26 Å². The summed E-state index contributed by atoms with van der Waals surface area (Å²) in [5.74, 6) is -1.21. The Labute approximate surface area is 189 Å². The summed E-state index contributed by atoms with van der Waals surface area (Å²) in [6, 6.07) is 17.3. The molecule has 33 heavy (non-hydrogen) atoms. The van der Waals surface area contributed by atoms with E-state index in [2.05, 4.69) is 5.32 Å². The van der Waals surface area contributed by atoms with Crippen LogP contribution in [0, 0.1) is 5.82 Å². The van der Waals surface area contributed by atoms with Crippen LogP contribution in [0.5, 0.6) is 0 Å². The van der Waals surface area contributed by atoms with E-state index in [9.17, 15) is 22.4 Å². The molecule has 4 rings (SSSR count). The van der Waals surface area contributed by atoms with E-state index in [0.29, 0.717) is 39.0 Å². The number of fused-ring (bicyclic) bond motifs is 1. The molecule has 2 amide bonds. The Hall–Kier alpha value is -3.98. The lowest BCUT2D eigenvalue weighted by Crippen LogP contribution is -2.29. The molecule has 7 nitrogen and oxygen atoms in total. The van der Waals surface area contributed by atoms with E-state index in [1.165, 1.54) is 37.4 Å². The molecule has 0 unspecified atom stereocenters. The van der Waals surface area contributed by atoms with E-state index >= 15 is 0 Å². The average molecular weight is 466 g/mol. The van der Waals surface area contributed by atoms with Gasteiger partial charge in [-0.05, 0) is 59.7 Å². The van der Waals surface area contributed by atoms with E-state index in [1.54, 1.807) is 36.4 Å². The van der Waals surface area contributed by atoms with Gasteiger partial charge < -0.3 is 9.73 Å². The molecular formula is C24H19FN2O5S. The minimum absolute atomic E-state index is 0.170. The number of nitrogens with one attached hydrogen (secondary N) is 2. The number of carbonyl (C=O) groups is 2. The Bertz CT molecular complexity index is 1490. The van der Waals surface area contributed by atoms with E-state index in [-0.39, 0.29) is 11.5 Å². The van der Waals surface area contributed by atoms with Crippen LogP contribution >= 0.6 is 0 Å². The van der Waals surface area contributed by atoms with Crippen LogP contribution in [-0.4, -0.2) is 33.5 Å². The SMILES string of the molecule is CNC(=O)c1c(-c2ccc(F)cc2)oc2ccc(-c3cccc(C(=O)NS(C)(=O)=O)c3)cc12. The second-order valence-corrected chi connectivity index (χ2v) is 9.14. The number of furan rings is 1. The fraction of sp³-hybridized carbons (Fsp3) is 0.0833. The third kappa shape index (κ3) is 4.63. The lowest BCUT2D eigenvalue weighted by Gasteiger charge is -2.07. The van der Waals surface area contributed by atoms with Crippen molar-refractivity contribution >= 4 is 32.8 Å². The first kappa shape index (κ1) is 22.2. The van der Waals surface area contributed by atoms with Gasteiger partial charge in [-0.3, -0.25) is 9.59 Å². The van der Waals surface area contributed by atoms with Crippen molar-refractivity contribution in [1.82, 2.24) is 10.0 Å². The molecule has 4 aromatic rings. The molecular weight excluding hydrogens is 447 g/mol. The maximum Gasteiger partial charge on any atom is 0.264 e. The Balaban J connectivity index is 1.83. The van der Waals surface area contributed by atoms with Crippen molar-refractivity contribution in [2.45, 2.75) is 0 Å². The molecule has 0 saturated carbocycles. The molecule has 0 fully saturated rings. The molecule has 9 heteroatoms.